The molecule has 1 aliphatic rings. The minimum absolute atomic E-state index is 0.0872. The molecule has 0 bridgehead atoms. The molecule has 0 aromatic heterocycles. The van der Waals surface area contributed by atoms with Gasteiger partial charge in [0, 0.05) is 36.2 Å². The highest BCUT2D eigenvalue weighted by Gasteiger charge is 2.14. The summed E-state index contributed by atoms with van der Waals surface area (Å²) in [7, 11) is 2.16. The molecular weight excluding hydrogens is 307 g/mol. The summed E-state index contributed by atoms with van der Waals surface area (Å²) in [6, 6.07) is 3.40. The van der Waals surface area contributed by atoms with Gasteiger partial charge in [-0.25, -0.2) is 4.39 Å². The Morgan fingerprint density at radius 1 is 1.21 bits per heavy atom. The second kappa shape index (κ2) is 6.82. The van der Waals surface area contributed by atoms with Crippen molar-refractivity contribution in [1.29, 1.82) is 0 Å². The van der Waals surface area contributed by atoms with Gasteiger partial charge in [-0.1, -0.05) is 22.0 Å². The third-order valence-corrected chi connectivity index (χ3v) is 4.98. The summed E-state index contributed by atoms with van der Waals surface area (Å²) in [5.74, 6) is -0.0872. The Kier molecular flexibility index (Phi) is 5.37. The Morgan fingerprint density at radius 3 is 2.58 bits per heavy atom. The van der Waals surface area contributed by atoms with Crippen molar-refractivity contribution in [2.75, 3.05) is 39.8 Å². The fourth-order valence-corrected chi connectivity index (χ4v) is 3.01. The highest BCUT2D eigenvalue weighted by Crippen LogP contribution is 2.25. The molecule has 0 aliphatic carbocycles. The summed E-state index contributed by atoms with van der Waals surface area (Å²) in [4.78, 5) is 4.83. The molecule has 0 radical (unpaired) electrons. The highest BCUT2D eigenvalue weighted by molar-refractivity contribution is 9.10. The van der Waals surface area contributed by atoms with Crippen LogP contribution in [0.2, 0.25) is 0 Å². The predicted molar refractivity (Wildman–Crippen MR) is 81.1 cm³/mol. The molecule has 0 amide bonds. The maximum Gasteiger partial charge on any atom is 0.127 e. The first-order valence-corrected chi connectivity index (χ1v) is 7.71. The lowest BCUT2D eigenvalue weighted by Gasteiger charge is -2.32. The molecule has 19 heavy (non-hydrogen) atoms. The van der Waals surface area contributed by atoms with Crippen LogP contribution in [0, 0.1) is 12.7 Å². The number of rotatable bonds is 4. The second-order valence-corrected chi connectivity index (χ2v) is 6.20. The van der Waals surface area contributed by atoms with Crippen molar-refractivity contribution in [2.45, 2.75) is 19.8 Å². The number of halogens is 2. The van der Waals surface area contributed by atoms with E-state index < -0.39 is 0 Å². The van der Waals surface area contributed by atoms with Gasteiger partial charge in [-0.05, 0) is 45.0 Å². The number of likely N-dealkylation sites (N-methyl/N-ethyl adjacent to an activating group) is 1. The summed E-state index contributed by atoms with van der Waals surface area (Å²) in [5, 5.41) is 0. The summed E-state index contributed by atoms with van der Waals surface area (Å²) >= 11 is 3.50. The Balaban J connectivity index is 1.84. The second-order valence-electron chi connectivity index (χ2n) is 5.41. The third kappa shape index (κ3) is 4.01. The first-order chi connectivity index (χ1) is 9.08. The molecule has 2 rings (SSSR count). The first kappa shape index (κ1) is 14.9. The predicted octanol–water partition coefficient (Wildman–Crippen LogP) is 3.08. The molecule has 0 saturated carbocycles. The van der Waals surface area contributed by atoms with Crippen LogP contribution >= 0.6 is 15.9 Å². The standard InChI is InChI=1S/C15H22BrFN2/c1-12-5-6-14(17)13(15(12)16)4-3-7-19-10-8-18(2)9-11-19/h5-6H,3-4,7-11H2,1-2H3. The number of piperazine rings is 1. The van der Waals surface area contributed by atoms with Crippen molar-refractivity contribution in [3.05, 3.63) is 33.5 Å². The molecular formula is C15H22BrFN2. The van der Waals surface area contributed by atoms with Crippen LogP contribution in [0.3, 0.4) is 0 Å². The van der Waals surface area contributed by atoms with Crippen LogP contribution < -0.4 is 0 Å². The maximum atomic E-state index is 13.8. The van der Waals surface area contributed by atoms with Gasteiger partial charge in [0.1, 0.15) is 5.82 Å². The molecule has 0 N–H and O–H groups in total. The van der Waals surface area contributed by atoms with E-state index in [1.807, 2.05) is 13.0 Å². The normalized spacial score (nSPS) is 17.9. The van der Waals surface area contributed by atoms with Crippen LogP contribution in [0.15, 0.2) is 16.6 Å². The van der Waals surface area contributed by atoms with E-state index >= 15 is 0 Å². The van der Waals surface area contributed by atoms with Gasteiger partial charge in [0.2, 0.25) is 0 Å². The van der Waals surface area contributed by atoms with Crippen LogP contribution in [-0.2, 0) is 6.42 Å². The van der Waals surface area contributed by atoms with E-state index in [1.54, 1.807) is 6.07 Å². The van der Waals surface area contributed by atoms with E-state index in [0.29, 0.717) is 0 Å². The summed E-state index contributed by atoms with van der Waals surface area (Å²) in [6.45, 7) is 7.62. The monoisotopic (exact) mass is 328 g/mol. The van der Waals surface area contributed by atoms with Gasteiger partial charge < -0.3 is 9.80 Å². The zero-order chi connectivity index (χ0) is 13.8. The number of hydrogen-bond donors (Lipinski definition) is 0. The fraction of sp³-hybridized carbons (Fsp3) is 0.600. The molecule has 1 aliphatic heterocycles. The molecule has 106 valence electrons. The molecule has 1 fully saturated rings. The van der Waals surface area contributed by atoms with Crippen LogP contribution in [0.4, 0.5) is 4.39 Å². The van der Waals surface area contributed by atoms with Gasteiger partial charge in [0.25, 0.3) is 0 Å². The highest BCUT2D eigenvalue weighted by atomic mass is 79.9. The average Bonchev–Trinajstić information content (AvgIpc) is 2.40. The third-order valence-electron chi connectivity index (χ3n) is 3.88. The van der Waals surface area contributed by atoms with Gasteiger partial charge in [-0.3, -0.25) is 0 Å². The van der Waals surface area contributed by atoms with E-state index in [2.05, 4.69) is 32.8 Å². The molecule has 4 heteroatoms. The lowest BCUT2D eigenvalue weighted by atomic mass is 10.1. The van der Waals surface area contributed by atoms with E-state index in [9.17, 15) is 4.39 Å². The Labute approximate surface area is 123 Å². The van der Waals surface area contributed by atoms with Crippen molar-refractivity contribution < 1.29 is 4.39 Å². The number of benzene rings is 1. The van der Waals surface area contributed by atoms with Crippen molar-refractivity contribution in [3.63, 3.8) is 0 Å². The van der Waals surface area contributed by atoms with Gasteiger partial charge in [0.15, 0.2) is 0 Å². The Morgan fingerprint density at radius 2 is 1.89 bits per heavy atom. The van der Waals surface area contributed by atoms with E-state index in [1.165, 1.54) is 0 Å². The average molecular weight is 329 g/mol. The summed E-state index contributed by atoms with van der Waals surface area (Å²) in [5.41, 5.74) is 1.94. The number of aryl methyl sites for hydroxylation is 1. The first-order valence-electron chi connectivity index (χ1n) is 6.92. The van der Waals surface area contributed by atoms with Crippen LogP contribution in [-0.4, -0.2) is 49.6 Å². The van der Waals surface area contributed by atoms with E-state index in [-0.39, 0.29) is 5.82 Å². The molecule has 2 nitrogen and oxygen atoms in total. The maximum absolute atomic E-state index is 13.8. The minimum atomic E-state index is -0.0872. The molecule has 1 heterocycles. The van der Waals surface area contributed by atoms with Gasteiger partial charge >= 0.3 is 0 Å². The van der Waals surface area contributed by atoms with Crippen LogP contribution in [0.5, 0.6) is 0 Å². The zero-order valence-electron chi connectivity index (χ0n) is 11.8. The molecule has 1 aromatic carbocycles. The van der Waals surface area contributed by atoms with Crippen molar-refractivity contribution in [1.82, 2.24) is 9.80 Å². The lowest BCUT2D eigenvalue weighted by Crippen LogP contribution is -2.44. The lowest BCUT2D eigenvalue weighted by molar-refractivity contribution is 0.153. The van der Waals surface area contributed by atoms with Crippen LogP contribution in [0.1, 0.15) is 17.5 Å². The van der Waals surface area contributed by atoms with Crippen LogP contribution in [0.25, 0.3) is 0 Å². The zero-order valence-corrected chi connectivity index (χ0v) is 13.3. The van der Waals surface area contributed by atoms with Gasteiger partial charge in [-0.2, -0.15) is 0 Å². The SMILES string of the molecule is Cc1ccc(F)c(CCCN2CCN(C)CC2)c1Br. The largest absolute Gasteiger partial charge is 0.304 e. The molecule has 1 saturated heterocycles. The number of nitrogens with zero attached hydrogens (tertiary/aromatic N) is 2. The number of hydrogen-bond acceptors (Lipinski definition) is 2. The van der Waals surface area contributed by atoms with Crippen molar-refractivity contribution in [2.24, 2.45) is 0 Å². The van der Waals surface area contributed by atoms with E-state index in [0.717, 1.165) is 61.2 Å². The minimum Gasteiger partial charge on any atom is -0.304 e. The van der Waals surface area contributed by atoms with Gasteiger partial charge in [-0.15, -0.1) is 0 Å². The smallest absolute Gasteiger partial charge is 0.127 e. The van der Waals surface area contributed by atoms with E-state index in [4.69, 9.17) is 0 Å². The Bertz CT molecular complexity index is 428. The summed E-state index contributed by atoms with van der Waals surface area (Å²) in [6.07, 6.45) is 1.82. The van der Waals surface area contributed by atoms with Gasteiger partial charge in [0.05, 0.1) is 0 Å². The molecule has 0 spiro atoms. The topological polar surface area (TPSA) is 6.48 Å². The molecule has 1 aromatic rings. The quantitative estimate of drug-likeness (QED) is 0.838. The summed E-state index contributed by atoms with van der Waals surface area (Å²) < 4.78 is 14.7. The molecule has 0 unspecified atom stereocenters. The van der Waals surface area contributed by atoms with Crippen molar-refractivity contribution >= 4 is 15.9 Å². The van der Waals surface area contributed by atoms with Crippen molar-refractivity contribution in [3.8, 4) is 0 Å². The Hall–Kier alpha value is -0.450. The molecule has 0 atom stereocenters. The fourth-order valence-electron chi connectivity index (χ4n) is 2.49.